The van der Waals surface area contributed by atoms with E-state index in [0.717, 1.165) is 35.4 Å². The quantitative estimate of drug-likeness (QED) is 0.350. The van der Waals surface area contributed by atoms with Gasteiger partial charge in [0.2, 0.25) is 21.8 Å². The minimum Gasteiger partial charge on any atom is -0.354 e. The molecule has 0 aliphatic rings. The summed E-state index contributed by atoms with van der Waals surface area (Å²) in [5, 5.41) is 3.60. The topological polar surface area (TPSA) is 86.8 Å². The summed E-state index contributed by atoms with van der Waals surface area (Å²) < 4.78 is 26.4. The van der Waals surface area contributed by atoms with E-state index in [2.05, 4.69) is 5.32 Å². The monoisotopic (exact) mass is 555 g/mol. The molecule has 0 aromatic heterocycles. The minimum atomic E-state index is -3.79. The Morgan fingerprint density at radius 3 is 2.11 bits per heavy atom. The maximum absolute atomic E-state index is 13.7. The number of sulfonamides is 1. The Morgan fingerprint density at radius 2 is 1.61 bits per heavy atom. The lowest BCUT2D eigenvalue weighted by Gasteiger charge is -2.33. The number of amides is 2. The molecule has 2 amide bonds. The summed E-state index contributed by atoms with van der Waals surface area (Å²) >= 11 is 12.8. The van der Waals surface area contributed by atoms with Crippen LogP contribution in [-0.2, 0) is 32.6 Å². The normalized spacial score (nSPS) is 12.2. The smallest absolute Gasteiger partial charge is 0.244 e. The molecule has 0 spiro atoms. The highest BCUT2D eigenvalue weighted by molar-refractivity contribution is 7.92. The SMILES string of the molecule is CCCCNC(=O)[C@H](CC)N(Cc1c(Cl)cccc1Cl)C(=O)CN(c1ccc(CC)cc1)S(C)(=O)=O. The molecule has 198 valence electrons. The van der Waals surface area contributed by atoms with Gasteiger partial charge in [-0.3, -0.25) is 13.9 Å². The average molecular weight is 557 g/mol. The maximum atomic E-state index is 13.7. The van der Waals surface area contributed by atoms with Gasteiger partial charge in [0.05, 0.1) is 11.9 Å². The lowest BCUT2D eigenvalue weighted by molar-refractivity contribution is -0.140. The third-order valence-corrected chi connectivity index (χ3v) is 7.77. The predicted octanol–water partition coefficient (Wildman–Crippen LogP) is 5.05. The molecule has 0 radical (unpaired) electrons. The van der Waals surface area contributed by atoms with Gasteiger partial charge in [-0.1, -0.05) is 68.6 Å². The zero-order valence-corrected chi connectivity index (χ0v) is 23.6. The van der Waals surface area contributed by atoms with Gasteiger partial charge in [0.25, 0.3) is 0 Å². The maximum Gasteiger partial charge on any atom is 0.244 e. The van der Waals surface area contributed by atoms with Gasteiger partial charge in [-0.25, -0.2) is 8.42 Å². The Balaban J connectivity index is 2.45. The van der Waals surface area contributed by atoms with Crippen LogP contribution in [0.1, 0.15) is 51.2 Å². The summed E-state index contributed by atoms with van der Waals surface area (Å²) in [7, 11) is -3.79. The Kier molecular flexibility index (Phi) is 11.5. The number of nitrogens with zero attached hydrogens (tertiary/aromatic N) is 2. The Labute approximate surface area is 224 Å². The molecule has 2 aromatic carbocycles. The Hall–Kier alpha value is -2.29. The second-order valence-electron chi connectivity index (χ2n) is 8.58. The third-order valence-electron chi connectivity index (χ3n) is 5.92. The first-order valence-electron chi connectivity index (χ1n) is 12.1. The summed E-state index contributed by atoms with van der Waals surface area (Å²) in [5.74, 6) is -0.839. The molecule has 2 rings (SSSR count). The van der Waals surface area contributed by atoms with Crippen LogP contribution in [0.4, 0.5) is 5.69 Å². The molecule has 1 N–H and O–H groups in total. The fourth-order valence-electron chi connectivity index (χ4n) is 3.79. The van der Waals surface area contributed by atoms with Crippen LogP contribution in [0.15, 0.2) is 42.5 Å². The number of nitrogens with one attached hydrogen (secondary N) is 1. The van der Waals surface area contributed by atoms with Gasteiger partial charge in [-0.15, -0.1) is 0 Å². The van der Waals surface area contributed by atoms with Crippen LogP contribution in [0, 0.1) is 0 Å². The van der Waals surface area contributed by atoms with Crippen molar-refractivity contribution in [1.82, 2.24) is 10.2 Å². The molecule has 2 aromatic rings. The van der Waals surface area contributed by atoms with Crippen LogP contribution >= 0.6 is 23.2 Å². The van der Waals surface area contributed by atoms with E-state index in [-0.39, 0.29) is 12.5 Å². The first-order chi connectivity index (χ1) is 17.0. The number of hydrogen-bond acceptors (Lipinski definition) is 4. The van der Waals surface area contributed by atoms with Crippen molar-refractivity contribution < 1.29 is 18.0 Å². The first-order valence-corrected chi connectivity index (χ1v) is 14.7. The van der Waals surface area contributed by atoms with Gasteiger partial charge < -0.3 is 10.2 Å². The highest BCUT2D eigenvalue weighted by atomic mass is 35.5. The van der Waals surface area contributed by atoms with Crippen LogP contribution < -0.4 is 9.62 Å². The van der Waals surface area contributed by atoms with E-state index >= 15 is 0 Å². The van der Waals surface area contributed by atoms with E-state index < -0.39 is 28.5 Å². The van der Waals surface area contributed by atoms with Crippen molar-refractivity contribution in [2.45, 2.75) is 59.0 Å². The van der Waals surface area contributed by atoms with Gasteiger partial charge in [-0.05, 0) is 49.1 Å². The second kappa shape index (κ2) is 13.9. The van der Waals surface area contributed by atoms with Crippen LogP contribution in [0.2, 0.25) is 10.0 Å². The van der Waals surface area contributed by atoms with Gasteiger partial charge in [-0.2, -0.15) is 0 Å². The molecule has 0 aliphatic carbocycles. The fraction of sp³-hybridized carbons (Fsp3) is 0.462. The summed E-state index contributed by atoms with van der Waals surface area (Å²) in [6.07, 6.45) is 3.90. The van der Waals surface area contributed by atoms with Crippen molar-refractivity contribution in [1.29, 1.82) is 0 Å². The second-order valence-corrected chi connectivity index (χ2v) is 11.3. The average Bonchev–Trinajstić information content (AvgIpc) is 2.83. The van der Waals surface area contributed by atoms with Crippen LogP contribution in [0.25, 0.3) is 0 Å². The van der Waals surface area contributed by atoms with Crippen molar-refractivity contribution in [2.75, 3.05) is 23.7 Å². The van der Waals surface area contributed by atoms with Crippen LogP contribution in [0.3, 0.4) is 0 Å². The van der Waals surface area contributed by atoms with E-state index in [0.29, 0.717) is 34.3 Å². The van der Waals surface area contributed by atoms with Gasteiger partial charge >= 0.3 is 0 Å². The first kappa shape index (κ1) is 29.9. The standard InChI is InChI=1S/C26H35Cl2N3O4S/c1-5-8-16-29-26(33)24(7-3)30(17-21-22(27)10-9-11-23(21)28)25(32)18-31(36(4,34)35)20-14-12-19(6-2)13-15-20/h9-15,24H,5-8,16-18H2,1-4H3,(H,29,33)/t24-/m0/s1. The van der Waals surface area contributed by atoms with Gasteiger partial charge in [0.1, 0.15) is 12.6 Å². The molecular weight excluding hydrogens is 521 g/mol. The number of carbonyl (C=O) groups excluding carboxylic acids is 2. The number of anilines is 1. The van der Waals surface area contributed by atoms with E-state index in [9.17, 15) is 18.0 Å². The van der Waals surface area contributed by atoms with Gasteiger partial charge in [0.15, 0.2) is 0 Å². The van der Waals surface area contributed by atoms with E-state index in [1.165, 1.54) is 4.90 Å². The lowest BCUT2D eigenvalue weighted by Crippen LogP contribution is -2.52. The number of hydrogen-bond donors (Lipinski definition) is 1. The molecule has 0 bridgehead atoms. The van der Waals surface area contributed by atoms with Crippen LogP contribution in [0.5, 0.6) is 0 Å². The molecule has 36 heavy (non-hydrogen) atoms. The highest BCUT2D eigenvalue weighted by Gasteiger charge is 2.32. The summed E-state index contributed by atoms with van der Waals surface area (Å²) in [4.78, 5) is 28.2. The van der Waals surface area contributed by atoms with E-state index in [4.69, 9.17) is 23.2 Å². The Morgan fingerprint density at radius 1 is 1.00 bits per heavy atom. The zero-order valence-electron chi connectivity index (χ0n) is 21.3. The largest absolute Gasteiger partial charge is 0.354 e. The van der Waals surface area contributed by atoms with E-state index in [1.807, 2.05) is 26.0 Å². The molecule has 0 saturated carbocycles. The molecule has 0 saturated heterocycles. The van der Waals surface area contributed by atoms with Gasteiger partial charge in [0, 0.05) is 28.7 Å². The minimum absolute atomic E-state index is 0.0383. The number of halogens is 2. The van der Waals surface area contributed by atoms with Crippen molar-refractivity contribution in [3.05, 3.63) is 63.6 Å². The summed E-state index contributed by atoms with van der Waals surface area (Å²) in [6, 6.07) is 11.2. The highest BCUT2D eigenvalue weighted by Crippen LogP contribution is 2.27. The molecular formula is C26H35Cl2N3O4S. The van der Waals surface area contributed by atoms with E-state index in [1.54, 1.807) is 37.3 Å². The number of carbonyl (C=O) groups is 2. The molecule has 0 aliphatic heterocycles. The van der Waals surface area contributed by atoms with Crippen molar-refractivity contribution >= 4 is 50.7 Å². The zero-order chi connectivity index (χ0) is 26.9. The van der Waals surface area contributed by atoms with Crippen molar-refractivity contribution in [3.63, 3.8) is 0 Å². The Bertz CT molecular complexity index is 1120. The third kappa shape index (κ3) is 8.11. The molecule has 0 heterocycles. The number of aryl methyl sites for hydroxylation is 1. The summed E-state index contributed by atoms with van der Waals surface area (Å²) in [6.45, 7) is 5.80. The molecule has 0 fully saturated rings. The lowest BCUT2D eigenvalue weighted by atomic mass is 10.1. The number of benzene rings is 2. The summed E-state index contributed by atoms with van der Waals surface area (Å²) in [5.41, 5.74) is 1.91. The molecule has 0 unspecified atom stereocenters. The molecule has 1 atom stereocenters. The predicted molar refractivity (Wildman–Crippen MR) is 147 cm³/mol. The van der Waals surface area contributed by atoms with Crippen molar-refractivity contribution in [3.8, 4) is 0 Å². The van der Waals surface area contributed by atoms with Crippen molar-refractivity contribution in [2.24, 2.45) is 0 Å². The number of rotatable bonds is 13. The number of unbranched alkanes of at least 4 members (excludes halogenated alkanes) is 1. The van der Waals surface area contributed by atoms with Crippen LogP contribution in [-0.4, -0.2) is 50.5 Å². The fourth-order valence-corrected chi connectivity index (χ4v) is 5.16. The molecule has 10 heteroatoms. The molecule has 7 nitrogen and oxygen atoms in total.